The summed E-state index contributed by atoms with van der Waals surface area (Å²) in [5.74, 6) is -0.201. The molecule has 0 aliphatic carbocycles. The van der Waals surface area contributed by atoms with E-state index < -0.39 is 17.4 Å². The molecule has 2 N–H and O–H groups in total. The Balaban J connectivity index is 1.38. The van der Waals surface area contributed by atoms with Crippen LogP contribution in [-0.2, 0) is 11.3 Å². The van der Waals surface area contributed by atoms with Gasteiger partial charge < -0.3 is 24.7 Å². The van der Waals surface area contributed by atoms with Gasteiger partial charge in [-0.05, 0) is 48.7 Å². The largest absolute Gasteiger partial charge is 0.439 e. The molecule has 3 heterocycles. The number of halogens is 1. The van der Waals surface area contributed by atoms with Gasteiger partial charge in [-0.25, -0.2) is 0 Å². The monoisotopic (exact) mass is 515 g/mol. The fourth-order valence-corrected chi connectivity index (χ4v) is 4.06. The number of ether oxygens (including phenoxy) is 2. The molecule has 194 valence electrons. The van der Waals surface area contributed by atoms with Crippen molar-refractivity contribution in [1.82, 2.24) is 19.9 Å². The van der Waals surface area contributed by atoms with Gasteiger partial charge in [-0.15, -0.1) is 0 Å². The molecule has 0 atom stereocenters. The Morgan fingerprint density at radius 1 is 1.00 bits per heavy atom. The van der Waals surface area contributed by atoms with E-state index in [1.54, 1.807) is 34.9 Å². The lowest BCUT2D eigenvalue weighted by atomic mass is 10.1. The van der Waals surface area contributed by atoms with Crippen LogP contribution in [0.3, 0.4) is 0 Å². The molecule has 1 amide bonds. The molecule has 1 aliphatic heterocycles. The van der Waals surface area contributed by atoms with Gasteiger partial charge in [0.1, 0.15) is 11.3 Å². The van der Waals surface area contributed by atoms with E-state index in [4.69, 9.17) is 9.47 Å². The number of nitrogens with one attached hydrogen (secondary N) is 2. The number of amides is 1. The van der Waals surface area contributed by atoms with Gasteiger partial charge in [0.2, 0.25) is 17.8 Å². The molecular weight excluding hydrogens is 489 g/mol. The molecule has 4 aromatic rings. The van der Waals surface area contributed by atoms with Crippen molar-refractivity contribution in [3.8, 4) is 11.6 Å². The molecule has 0 saturated carbocycles. The first kappa shape index (κ1) is 25.1. The summed E-state index contributed by atoms with van der Waals surface area (Å²) in [7, 11) is 0. The highest BCUT2D eigenvalue weighted by molar-refractivity contribution is 5.93. The molecule has 1 saturated heterocycles. The highest BCUT2D eigenvalue weighted by Crippen LogP contribution is 2.23. The van der Waals surface area contributed by atoms with Crippen LogP contribution in [0.2, 0.25) is 0 Å². The van der Waals surface area contributed by atoms with Crippen molar-refractivity contribution in [1.29, 1.82) is 0 Å². The molecule has 0 radical (unpaired) electrons. The van der Waals surface area contributed by atoms with Crippen molar-refractivity contribution in [2.45, 2.75) is 25.4 Å². The van der Waals surface area contributed by atoms with E-state index in [-0.39, 0.29) is 23.4 Å². The summed E-state index contributed by atoms with van der Waals surface area (Å²) in [6.45, 7) is 1.54. The van der Waals surface area contributed by atoms with Crippen LogP contribution < -0.4 is 20.9 Å². The van der Waals surface area contributed by atoms with Crippen molar-refractivity contribution >= 4 is 17.5 Å². The van der Waals surface area contributed by atoms with E-state index in [1.165, 1.54) is 18.3 Å². The summed E-state index contributed by atoms with van der Waals surface area (Å²) in [5.41, 5.74) is 0.962. The summed E-state index contributed by atoms with van der Waals surface area (Å²) < 4.78 is 26.0. The smallest absolute Gasteiger partial charge is 0.287 e. The van der Waals surface area contributed by atoms with Crippen LogP contribution in [0.15, 0.2) is 83.8 Å². The third kappa shape index (κ3) is 6.40. The van der Waals surface area contributed by atoms with Gasteiger partial charge in [0.25, 0.3) is 11.5 Å². The Morgan fingerprint density at radius 3 is 2.50 bits per heavy atom. The fourth-order valence-electron chi connectivity index (χ4n) is 4.06. The normalized spacial score (nSPS) is 13.6. The third-order valence-electron chi connectivity index (χ3n) is 6.01. The molecule has 0 bridgehead atoms. The minimum absolute atomic E-state index is 0.0238. The average molecular weight is 516 g/mol. The number of pyridine rings is 1. The average Bonchev–Trinajstić information content (AvgIpc) is 2.92. The SMILES string of the molecule is O=C(NC1CCOCC1)c1cn(Cc2ccccc2)c(Nc2ccc(Oc3cccc(F)n3)cc2)nc1=O. The van der Waals surface area contributed by atoms with Crippen LogP contribution in [0, 0.1) is 5.95 Å². The zero-order chi connectivity index (χ0) is 26.3. The number of benzene rings is 2. The number of carbonyl (C=O) groups excluding carboxylic acids is 1. The highest BCUT2D eigenvalue weighted by Gasteiger charge is 2.21. The first-order valence-corrected chi connectivity index (χ1v) is 12.2. The van der Waals surface area contributed by atoms with Gasteiger partial charge in [-0.2, -0.15) is 14.4 Å². The molecule has 1 aliphatic rings. The predicted octanol–water partition coefficient (Wildman–Crippen LogP) is 4.27. The second-order valence-corrected chi connectivity index (χ2v) is 8.81. The zero-order valence-electron chi connectivity index (χ0n) is 20.5. The first-order chi connectivity index (χ1) is 18.5. The number of anilines is 2. The Morgan fingerprint density at radius 2 is 1.76 bits per heavy atom. The second-order valence-electron chi connectivity index (χ2n) is 8.81. The predicted molar refractivity (Wildman–Crippen MR) is 139 cm³/mol. The van der Waals surface area contributed by atoms with Crippen molar-refractivity contribution in [3.63, 3.8) is 0 Å². The standard InChI is InChI=1S/C28H26FN5O4/c29-24-7-4-8-25(32-24)38-22-11-9-20(10-12-22)31-28-33-27(36)23(26(35)30-21-13-15-37-16-14-21)18-34(28)17-19-5-2-1-3-6-19/h1-12,18,21H,13-17H2,(H,30,35)(H,31,33,36). The molecule has 2 aromatic carbocycles. The zero-order valence-corrected chi connectivity index (χ0v) is 20.5. The van der Waals surface area contributed by atoms with Crippen LogP contribution in [0.25, 0.3) is 0 Å². The molecular formula is C28H26FN5O4. The van der Waals surface area contributed by atoms with Crippen LogP contribution in [0.4, 0.5) is 16.0 Å². The second kappa shape index (κ2) is 11.7. The van der Waals surface area contributed by atoms with E-state index in [0.717, 1.165) is 5.56 Å². The van der Waals surface area contributed by atoms with E-state index in [1.807, 2.05) is 30.3 Å². The van der Waals surface area contributed by atoms with Gasteiger partial charge in [0.15, 0.2) is 0 Å². The molecule has 10 heteroatoms. The molecule has 0 unspecified atom stereocenters. The third-order valence-corrected chi connectivity index (χ3v) is 6.01. The maximum atomic E-state index is 13.3. The van der Waals surface area contributed by atoms with Crippen molar-refractivity contribution in [2.24, 2.45) is 0 Å². The maximum Gasteiger partial charge on any atom is 0.287 e. The van der Waals surface area contributed by atoms with Gasteiger partial charge in [0.05, 0.1) is 6.54 Å². The summed E-state index contributed by atoms with van der Waals surface area (Å²) in [5, 5.41) is 6.08. The van der Waals surface area contributed by atoms with Gasteiger partial charge in [0, 0.05) is 37.2 Å². The number of nitrogens with zero attached hydrogens (tertiary/aromatic N) is 3. The summed E-state index contributed by atoms with van der Waals surface area (Å²) in [6, 6.07) is 20.8. The summed E-state index contributed by atoms with van der Waals surface area (Å²) >= 11 is 0. The first-order valence-electron chi connectivity index (χ1n) is 12.2. The van der Waals surface area contributed by atoms with E-state index >= 15 is 0 Å². The number of carbonyl (C=O) groups is 1. The topological polar surface area (TPSA) is 107 Å². The number of hydrogen-bond donors (Lipinski definition) is 2. The van der Waals surface area contributed by atoms with E-state index in [0.29, 0.717) is 44.0 Å². The summed E-state index contributed by atoms with van der Waals surface area (Å²) in [4.78, 5) is 33.7. The van der Waals surface area contributed by atoms with Gasteiger partial charge >= 0.3 is 0 Å². The Bertz CT molecular complexity index is 1450. The molecule has 9 nitrogen and oxygen atoms in total. The molecule has 5 rings (SSSR count). The number of hydrogen-bond acceptors (Lipinski definition) is 7. The minimum Gasteiger partial charge on any atom is -0.439 e. The molecule has 0 spiro atoms. The highest BCUT2D eigenvalue weighted by atomic mass is 19.1. The summed E-state index contributed by atoms with van der Waals surface area (Å²) in [6.07, 6.45) is 2.93. The van der Waals surface area contributed by atoms with Crippen LogP contribution in [0.1, 0.15) is 28.8 Å². The van der Waals surface area contributed by atoms with Crippen molar-refractivity contribution < 1.29 is 18.7 Å². The lowest BCUT2D eigenvalue weighted by Gasteiger charge is -2.23. The van der Waals surface area contributed by atoms with Gasteiger partial charge in [-0.3, -0.25) is 9.59 Å². The quantitative estimate of drug-likeness (QED) is 0.338. The Labute approximate surface area is 218 Å². The number of aromatic nitrogens is 3. The lowest BCUT2D eigenvalue weighted by molar-refractivity contribution is 0.0695. The molecule has 38 heavy (non-hydrogen) atoms. The molecule has 1 fully saturated rings. The van der Waals surface area contributed by atoms with Crippen molar-refractivity contribution in [3.05, 3.63) is 106 Å². The maximum absolute atomic E-state index is 13.3. The van der Waals surface area contributed by atoms with Crippen LogP contribution >= 0.6 is 0 Å². The fraction of sp³-hybridized carbons (Fsp3) is 0.214. The van der Waals surface area contributed by atoms with E-state index in [9.17, 15) is 14.0 Å². The lowest BCUT2D eigenvalue weighted by Crippen LogP contribution is -2.41. The van der Waals surface area contributed by atoms with Crippen LogP contribution in [-0.4, -0.2) is 39.7 Å². The van der Waals surface area contributed by atoms with Crippen molar-refractivity contribution in [2.75, 3.05) is 18.5 Å². The number of rotatable bonds is 8. The Kier molecular flexibility index (Phi) is 7.70. The van der Waals surface area contributed by atoms with Gasteiger partial charge in [-0.1, -0.05) is 36.4 Å². The Hall–Kier alpha value is -4.57. The van der Waals surface area contributed by atoms with E-state index in [2.05, 4.69) is 20.6 Å². The minimum atomic E-state index is -0.631. The molecule has 2 aromatic heterocycles. The van der Waals surface area contributed by atoms with Crippen LogP contribution in [0.5, 0.6) is 11.6 Å².